The lowest BCUT2D eigenvalue weighted by molar-refractivity contribution is -0.123. The minimum absolute atomic E-state index is 0.161. The molecule has 8 heteroatoms. The van der Waals surface area contributed by atoms with Gasteiger partial charge in [0.1, 0.15) is 5.75 Å². The molecule has 1 aromatic heterocycles. The molecule has 0 radical (unpaired) electrons. The first kappa shape index (κ1) is 19.2. The molecular formula is C17H23ClN4O3. The molecule has 0 saturated carbocycles. The van der Waals surface area contributed by atoms with Crippen LogP contribution in [-0.4, -0.2) is 41.6 Å². The van der Waals surface area contributed by atoms with E-state index in [9.17, 15) is 4.79 Å². The topological polar surface area (TPSA) is 80.5 Å². The zero-order valence-electron chi connectivity index (χ0n) is 14.9. The van der Waals surface area contributed by atoms with Crippen LogP contribution in [0.1, 0.15) is 32.0 Å². The molecule has 2 aromatic rings. The number of hydrogen-bond acceptors (Lipinski definition) is 6. The summed E-state index contributed by atoms with van der Waals surface area (Å²) in [5, 5.41) is 7.44. The van der Waals surface area contributed by atoms with Gasteiger partial charge in [-0.05, 0) is 46.1 Å². The molecule has 0 unspecified atom stereocenters. The van der Waals surface area contributed by atoms with E-state index in [2.05, 4.69) is 15.5 Å². The predicted octanol–water partition coefficient (Wildman–Crippen LogP) is 2.60. The Morgan fingerprint density at radius 3 is 2.84 bits per heavy atom. The first-order valence-electron chi connectivity index (χ1n) is 7.93. The van der Waals surface area contributed by atoms with E-state index in [0.717, 1.165) is 0 Å². The number of nitrogens with one attached hydrogen (secondary N) is 1. The number of aromatic nitrogens is 2. The molecule has 1 N–H and O–H groups in total. The Hall–Kier alpha value is -2.12. The second-order valence-corrected chi connectivity index (χ2v) is 6.91. The fourth-order valence-corrected chi connectivity index (χ4v) is 2.31. The van der Waals surface area contributed by atoms with E-state index in [1.807, 2.05) is 32.8 Å². The van der Waals surface area contributed by atoms with Crippen LogP contribution in [0.25, 0.3) is 0 Å². The first-order chi connectivity index (χ1) is 11.8. The van der Waals surface area contributed by atoms with Crippen LogP contribution in [0.3, 0.4) is 0 Å². The maximum atomic E-state index is 12.2. The summed E-state index contributed by atoms with van der Waals surface area (Å²) in [6.45, 7) is 4.45. The van der Waals surface area contributed by atoms with E-state index < -0.39 is 5.54 Å². The number of carbonyl (C=O) groups excluding carboxylic acids is 1. The third kappa shape index (κ3) is 6.03. The van der Waals surface area contributed by atoms with E-state index in [1.165, 1.54) is 0 Å². The van der Waals surface area contributed by atoms with Crippen molar-refractivity contribution in [1.29, 1.82) is 0 Å². The molecule has 1 amide bonds. The van der Waals surface area contributed by atoms with Gasteiger partial charge in [0.25, 0.3) is 0 Å². The molecule has 2 rings (SSSR count). The summed E-state index contributed by atoms with van der Waals surface area (Å²) < 4.78 is 10.7. The monoisotopic (exact) mass is 366 g/mol. The van der Waals surface area contributed by atoms with Crippen LogP contribution in [0, 0.1) is 0 Å². The second-order valence-electron chi connectivity index (χ2n) is 6.48. The van der Waals surface area contributed by atoms with Gasteiger partial charge in [-0.3, -0.25) is 4.79 Å². The maximum absolute atomic E-state index is 12.2. The van der Waals surface area contributed by atoms with Crippen molar-refractivity contribution in [2.45, 2.75) is 32.4 Å². The lowest BCUT2D eigenvalue weighted by Crippen LogP contribution is -2.42. The number of halogens is 1. The average Bonchev–Trinajstić information content (AvgIpc) is 2.95. The van der Waals surface area contributed by atoms with Gasteiger partial charge in [0, 0.05) is 5.02 Å². The number of rotatable bonds is 8. The highest BCUT2D eigenvalue weighted by Gasteiger charge is 2.28. The second kappa shape index (κ2) is 8.31. The molecule has 0 atom stereocenters. The lowest BCUT2D eigenvalue weighted by Gasteiger charge is -2.22. The van der Waals surface area contributed by atoms with Gasteiger partial charge < -0.3 is 19.5 Å². The molecule has 1 aromatic carbocycles. The van der Waals surface area contributed by atoms with Crippen LogP contribution in [0.15, 0.2) is 28.8 Å². The van der Waals surface area contributed by atoms with Crippen LogP contribution >= 0.6 is 11.6 Å². The summed E-state index contributed by atoms with van der Waals surface area (Å²) in [6.07, 6.45) is 0.207. The van der Waals surface area contributed by atoms with Crippen LogP contribution in [0.5, 0.6) is 5.75 Å². The largest absolute Gasteiger partial charge is 0.493 e. The molecule has 0 aliphatic heterocycles. The zero-order valence-corrected chi connectivity index (χ0v) is 15.6. The Morgan fingerprint density at radius 2 is 2.16 bits per heavy atom. The third-order valence-electron chi connectivity index (χ3n) is 3.32. The summed E-state index contributed by atoms with van der Waals surface area (Å²) in [5.41, 5.74) is -0.735. The number of ether oxygens (including phenoxy) is 1. The Kier molecular flexibility index (Phi) is 6.39. The molecule has 25 heavy (non-hydrogen) atoms. The molecule has 0 aliphatic carbocycles. The highest BCUT2D eigenvalue weighted by molar-refractivity contribution is 6.30. The van der Waals surface area contributed by atoms with Crippen LogP contribution in [0.4, 0.5) is 0 Å². The fourth-order valence-electron chi connectivity index (χ4n) is 2.13. The molecule has 0 bridgehead atoms. The standard InChI is InChI=1S/C17H23ClN4O3/c1-17(2,16-19-15(25-21-16)11-22(3)4)20-14(23)8-9-24-13-7-5-6-12(18)10-13/h5-7,10H,8-9,11H2,1-4H3,(H,20,23). The smallest absolute Gasteiger partial charge is 0.240 e. The highest BCUT2D eigenvalue weighted by Crippen LogP contribution is 2.18. The van der Waals surface area contributed by atoms with Gasteiger partial charge in [-0.2, -0.15) is 4.98 Å². The molecule has 0 fully saturated rings. The number of hydrogen-bond donors (Lipinski definition) is 1. The van der Waals surface area contributed by atoms with E-state index in [0.29, 0.717) is 29.0 Å². The molecule has 0 saturated heterocycles. The van der Waals surface area contributed by atoms with Gasteiger partial charge in [-0.25, -0.2) is 0 Å². The van der Waals surface area contributed by atoms with Crippen LogP contribution in [-0.2, 0) is 16.9 Å². The van der Waals surface area contributed by atoms with Gasteiger partial charge in [-0.1, -0.05) is 22.8 Å². The number of benzene rings is 1. The predicted molar refractivity (Wildman–Crippen MR) is 94.4 cm³/mol. The van der Waals surface area contributed by atoms with Crippen molar-refractivity contribution in [3.63, 3.8) is 0 Å². The summed E-state index contributed by atoms with van der Waals surface area (Å²) in [4.78, 5) is 18.4. The van der Waals surface area contributed by atoms with Crippen molar-refractivity contribution >= 4 is 17.5 Å². The van der Waals surface area contributed by atoms with Crippen LogP contribution in [0.2, 0.25) is 5.02 Å². The number of carbonyl (C=O) groups is 1. The molecule has 0 spiro atoms. The molecule has 136 valence electrons. The van der Waals surface area contributed by atoms with Crippen LogP contribution < -0.4 is 10.1 Å². The van der Waals surface area contributed by atoms with Gasteiger partial charge in [0.05, 0.1) is 25.1 Å². The maximum Gasteiger partial charge on any atom is 0.240 e. The molecular weight excluding hydrogens is 344 g/mol. The average molecular weight is 367 g/mol. The van der Waals surface area contributed by atoms with Crippen molar-refractivity contribution < 1.29 is 14.1 Å². The SMILES string of the molecule is CN(C)Cc1nc(C(C)(C)NC(=O)CCOc2cccc(Cl)c2)no1. The summed E-state index contributed by atoms with van der Waals surface area (Å²) in [6, 6.07) is 7.05. The first-order valence-corrected chi connectivity index (χ1v) is 8.31. The van der Waals surface area contributed by atoms with Gasteiger partial charge in [0.15, 0.2) is 5.82 Å². The molecule has 7 nitrogen and oxygen atoms in total. The molecule has 0 aliphatic rings. The summed E-state index contributed by atoms with van der Waals surface area (Å²) in [5.74, 6) is 1.41. The summed E-state index contributed by atoms with van der Waals surface area (Å²) >= 11 is 5.89. The van der Waals surface area contributed by atoms with E-state index in [-0.39, 0.29) is 18.9 Å². The van der Waals surface area contributed by atoms with Crippen molar-refractivity contribution in [3.8, 4) is 5.75 Å². The quantitative estimate of drug-likeness (QED) is 0.773. The van der Waals surface area contributed by atoms with E-state index >= 15 is 0 Å². The van der Waals surface area contributed by atoms with Crippen molar-refractivity contribution in [2.75, 3.05) is 20.7 Å². The van der Waals surface area contributed by atoms with Gasteiger partial charge in [-0.15, -0.1) is 0 Å². The normalized spacial score (nSPS) is 11.6. The third-order valence-corrected chi connectivity index (χ3v) is 3.56. The fraction of sp³-hybridized carbons (Fsp3) is 0.471. The zero-order chi connectivity index (χ0) is 18.4. The lowest BCUT2D eigenvalue weighted by atomic mass is 10.0. The van der Waals surface area contributed by atoms with E-state index in [1.54, 1.807) is 24.3 Å². The Morgan fingerprint density at radius 1 is 1.40 bits per heavy atom. The Labute approximate surface area is 152 Å². The van der Waals surface area contributed by atoms with Crippen molar-refractivity contribution in [1.82, 2.24) is 20.4 Å². The van der Waals surface area contributed by atoms with Crippen molar-refractivity contribution in [3.05, 3.63) is 41.0 Å². The summed E-state index contributed by atoms with van der Waals surface area (Å²) in [7, 11) is 3.83. The number of amides is 1. The Balaban J connectivity index is 1.84. The van der Waals surface area contributed by atoms with Gasteiger partial charge in [0.2, 0.25) is 11.8 Å². The highest BCUT2D eigenvalue weighted by atomic mass is 35.5. The minimum atomic E-state index is -0.735. The minimum Gasteiger partial charge on any atom is -0.493 e. The number of nitrogens with zero attached hydrogens (tertiary/aromatic N) is 3. The van der Waals surface area contributed by atoms with Crippen molar-refractivity contribution in [2.24, 2.45) is 0 Å². The van der Waals surface area contributed by atoms with E-state index in [4.69, 9.17) is 20.9 Å². The Bertz CT molecular complexity index is 715. The van der Waals surface area contributed by atoms with Gasteiger partial charge >= 0.3 is 0 Å². The molecule has 1 heterocycles.